The Morgan fingerprint density at radius 1 is 1.06 bits per heavy atom. The Balaban J connectivity index is 2.36. The summed E-state index contributed by atoms with van der Waals surface area (Å²) in [6, 6.07) is 9.68. The molecule has 0 unspecified atom stereocenters. The number of rotatable bonds is 1. The number of aromatic nitrogens is 3. The standard InChI is InChI=1S/C12H7Cl2N3/c13-10-9(8-4-2-1-3-5-8)11(14)17-7-6-15-12(17)16-10/h1-7H. The highest BCUT2D eigenvalue weighted by atomic mass is 35.5. The molecule has 0 bridgehead atoms. The van der Waals surface area contributed by atoms with E-state index in [1.165, 1.54) is 0 Å². The average molecular weight is 264 g/mol. The van der Waals surface area contributed by atoms with E-state index in [9.17, 15) is 0 Å². The summed E-state index contributed by atoms with van der Waals surface area (Å²) < 4.78 is 1.70. The molecule has 3 rings (SSSR count). The second-order valence-electron chi connectivity index (χ2n) is 3.53. The van der Waals surface area contributed by atoms with Crippen LogP contribution in [0, 0.1) is 0 Å². The fraction of sp³-hybridized carbons (Fsp3) is 0. The van der Waals surface area contributed by atoms with Gasteiger partial charge < -0.3 is 0 Å². The topological polar surface area (TPSA) is 30.2 Å². The summed E-state index contributed by atoms with van der Waals surface area (Å²) in [6.07, 6.45) is 3.40. The van der Waals surface area contributed by atoms with Crippen LogP contribution >= 0.6 is 23.2 Å². The van der Waals surface area contributed by atoms with Crippen LogP contribution in [0.4, 0.5) is 0 Å². The van der Waals surface area contributed by atoms with Crippen molar-refractivity contribution in [3.8, 4) is 11.1 Å². The predicted octanol–water partition coefficient (Wildman–Crippen LogP) is 3.70. The maximum atomic E-state index is 6.32. The van der Waals surface area contributed by atoms with Gasteiger partial charge in [-0.2, -0.15) is 4.98 Å². The molecule has 0 fully saturated rings. The van der Waals surface area contributed by atoms with Crippen LogP contribution in [0.2, 0.25) is 10.3 Å². The van der Waals surface area contributed by atoms with Gasteiger partial charge in [0.05, 0.1) is 5.56 Å². The molecule has 1 aromatic carbocycles. The van der Waals surface area contributed by atoms with Crippen molar-refractivity contribution in [1.82, 2.24) is 14.4 Å². The Hall–Kier alpha value is -1.58. The Morgan fingerprint density at radius 2 is 1.82 bits per heavy atom. The van der Waals surface area contributed by atoms with E-state index >= 15 is 0 Å². The zero-order valence-corrected chi connectivity index (χ0v) is 10.2. The fourth-order valence-electron chi connectivity index (χ4n) is 1.72. The highest BCUT2D eigenvalue weighted by Gasteiger charge is 2.14. The summed E-state index contributed by atoms with van der Waals surface area (Å²) in [5.74, 6) is 0.500. The first-order valence-electron chi connectivity index (χ1n) is 5.01. The third kappa shape index (κ3) is 1.68. The van der Waals surface area contributed by atoms with Crippen molar-refractivity contribution in [2.45, 2.75) is 0 Å². The molecule has 0 atom stereocenters. The molecule has 3 aromatic rings. The largest absolute Gasteiger partial charge is 0.273 e. The maximum Gasteiger partial charge on any atom is 0.236 e. The van der Waals surface area contributed by atoms with Gasteiger partial charge in [0.2, 0.25) is 5.78 Å². The van der Waals surface area contributed by atoms with E-state index in [-0.39, 0.29) is 0 Å². The Bertz CT molecular complexity index is 677. The molecule has 0 amide bonds. The van der Waals surface area contributed by atoms with Crippen LogP contribution in [0.1, 0.15) is 0 Å². The summed E-state index contributed by atoms with van der Waals surface area (Å²) >= 11 is 12.5. The molecular weight excluding hydrogens is 257 g/mol. The van der Waals surface area contributed by atoms with Crippen LogP contribution in [-0.2, 0) is 0 Å². The summed E-state index contributed by atoms with van der Waals surface area (Å²) in [7, 11) is 0. The normalized spacial score (nSPS) is 10.9. The van der Waals surface area contributed by atoms with Gasteiger partial charge >= 0.3 is 0 Å². The van der Waals surface area contributed by atoms with Gasteiger partial charge in [-0.25, -0.2) is 4.98 Å². The van der Waals surface area contributed by atoms with Gasteiger partial charge in [-0.3, -0.25) is 4.40 Å². The Morgan fingerprint density at radius 3 is 2.59 bits per heavy atom. The number of hydrogen-bond acceptors (Lipinski definition) is 2. The Kier molecular flexibility index (Phi) is 2.50. The number of fused-ring (bicyclic) bond motifs is 1. The molecule has 0 radical (unpaired) electrons. The first-order valence-corrected chi connectivity index (χ1v) is 5.76. The molecule has 17 heavy (non-hydrogen) atoms. The third-order valence-corrected chi connectivity index (χ3v) is 3.15. The maximum absolute atomic E-state index is 6.32. The highest BCUT2D eigenvalue weighted by Crippen LogP contribution is 2.33. The molecular formula is C12H7Cl2N3. The van der Waals surface area contributed by atoms with Crippen molar-refractivity contribution in [2.75, 3.05) is 0 Å². The molecule has 0 aliphatic carbocycles. The van der Waals surface area contributed by atoms with Crippen LogP contribution in [0.25, 0.3) is 16.9 Å². The van der Waals surface area contributed by atoms with E-state index in [1.807, 2.05) is 30.3 Å². The van der Waals surface area contributed by atoms with Crippen LogP contribution in [0.15, 0.2) is 42.7 Å². The quantitative estimate of drug-likeness (QED) is 0.627. The second-order valence-corrected chi connectivity index (χ2v) is 4.25. The van der Waals surface area contributed by atoms with Crippen LogP contribution in [0.3, 0.4) is 0 Å². The van der Waals surface area contributed by atoms with Gasteiger partial charge in [0, 0.05) is 12.4 Å². The van der Waals surface area contributed by atoms with E-state index in [0.717, 1.165) is 11.1 Å². The molecule has 0 aliphatic rings. The van der Waals surface area contributed by atoms with Gasteiger partial charge in [0.15, 0.2) is 0 Å². The highest BCUT2D eigenvalue weighted by molar-refractivity contribution is 6.38. The number of nitrogens with zero attached hydrogens (tertiary/aromatic N) is 3. The number of halogens is 2. The molecule has 0 N–H and O–H groups in total. The minimum atomic E-state index is 0.361. The monoisotopic (exact) mass is 263 g/mol. The third-order valence-electron chi connectivity index (χ3n) is 2.51. The first-order chi connectivity index (χ1) is 8.27. The first kappa shape index (κ1) is 10.6. The molecule has 0 spiro atoms. The van der Waals surface area contributed by atoms with Gasteiger partial charge in [0.25, 0.3) is 0 Å². The second kappa shape index (κ2) is 4.02. The minimum Gasteiger partial charge on any atom is -0.273 e. The summed E-state index contributed by atoms with van der Waals surface area (Å²) in [4.78, 5) is 8.26. The molecule has 0 saturated heterocycles. The van der Waals surface area contributed by atoms with Gasteiger partial charge in [-0.1, -0.05) is 53.5 Å². The van der Waals surface area contributed by atoms with Gasteiger partial charge in [-0.05, 0) is 5.56 Å². The SMILES string of the molecule is Clc1nc2nccn2c(Cl)c1-c1ccccc1. The lowest BCUT2D eigenvalue weighted by atomic mass is 10.1. The molecule has 0 saturated carbocycles. The predicted molar refractivity (Wildman–Crippen MR) is 68.4 cm³/mol. The smallest absolute Gasteiger partial charge is 0.236 e. The van der Waals surface area contributed by atoms with Crippen molar-refractivity contribution in [2.24, 2.45) is 0 Å². The number of hydrogen-bond donors (Lipinski definition) is 0. The van der Waals surface area contributed by atoms with Crippen molar-refractivity contribution >= 4 is 29.0 Å². The van der Waals surface area contributed by atoms with E-state index in [2.05, 4.69) is 9.97 Å². The Labute approximate surface area is 108 Å². The molecule has 2 aromatic heterocycles. The number of benzene rings is 1. The zero-order chi connectivity index (χ0) is 11.8. The molecule has 3 nitrogen and oxygen atoms in total. The zero-order valence-electron chi connectivity index (χ0n) is 8.64. The van der Waals surface area contributed by atoms with E-state index < -0.39 is 0 Å². The lowest BCUT2D eigenvalue weighted by Crippen LogP contribution is -1.95. The molecule has 2 heterocycles. The minimum absolute atomic E-state index is 0.361. The average Bonchev–Trinajstić information content (AvgIpc) is 2.78. The molecule has 5 heteroatoms. The van der Waals surface area contributed by atoms with E-state index in [4.69, 9.17) is 23.2 Å². The van der Waals surface area contributed by atoms with Crippen LogP contribution in [-0.4, -0.2) is 14.4 Å². The van der Waals surface area contributed by atoms with E-state index in [0.29, 0.717) is 16.1 Å². The fourth-order valence-corrected chi connectivity index (χ4v) is 2.38. The molecule has 0 aliphatic heterocycles. The van der Waals surface area contributed by atoms with Crippen molar-refractivity contribution < 1.29 is 0 Å². The number of imidazole rings is 1. The summed E-state index contributed by atoms with van der Waals surface area (Å²) in [5, 5.41) is 0.878. The van der Waals surface area contributed by atoms with Crippen molar-refractivity contribution in [3.63, 3.8) is 0 Å². The van der Waals surface area contributed by atoms with Crippen LogP contribution < -0.4 is 0 Å². The van der Waals surface area contributed by atoms with Crippen molar-refractivity contribution in [1.29, 1.82) is 0 Å². The van der Waals surface area contributed by atoms with Gasteiger partial charge in [0.1, 0.15) is 10.3 Å². The van der Waals surface area contributed by atoms with Gasteiger partial charge in [-0.15, -0.1) is 0 Å². The summed E-state index contributed by atoms with van der Waals surface area (Å²) in [6.45, 7) is 0. The lowest BCUT2D eigenvalue weighted by Gasteiger charge is -2.08. The van der Waals surface area contributed by atoms with Crippen molar-refractivity contribution in [3.05, 3.63) is 53.0 Å². The molecule has 84 valence electrons. The van der Waals surface area contributed by atoms with Crippen LogP contribution in [0.5, 0.6) is 0 Å². The lowest BCUT2D eigenvalue weighted by molar-refractivity contribution is 1.11. The summed E-state index contributed by atoms with van der Waals surface area (Å²) in [5.41, 5.74) is 1.66. The van der Waals surface area contributed by atoms with E-state index in [1.54, 1.807) is 16.8 Å².